The summed E-state index contributed by atoms with van der Waals surface area (Å²) in [4.78, 5) is 11.1. The van der Waals surface area contributed by atoms with E-state index in [0.29, 0.717) is 24.5 Å². The Labute approximate surface area is 112 Å². The van der Waals surface area contributed by atoms with E-state index in [2.05, 4.69) is 0 Å². The molecule has 0 saturated carbocycles. The van der Waals surface area contributed by atoms with Crippen LogP contribution in [0, 0.1) is 5.41 Å². The Kier molecular flexibility index (Phi) is 3.53. The van der Waals surface area contributed by atoms with Crippen LogP contribution in [-0.2, 0) is 17.6 Å². The van der Waals surface area contributed by atoms with Gasteiger partial charge in [0.1, 0.15) is 5.75 Å². The Hall–Kier alpha value is -1.22. The lowest BCUT2D eigenvalue weighted by molar-refractivity contribution is -0.147. The SMILES string of the molecule is CC(C)(CCc1cc(Cl)cc2c1OCC2)C(=O)O. The number of carboxylic acids is 1. The molecule has 1 N–H and O–H groups in total. The van der Waals surface area contributed by atoms with E-state index in [1.807, 2.05) is 12.1 Å². The van der Waals surface area contributed by atoms with Crippen molar-refractivity contribution in [2.24, 2.45) is 5.41 Å². The molecule has 0 atom stereocenters. The highest BCUT2D eigenvalue weighted by Gasteiger charge is 2.28. The van der Waals surface area contributed by atoms with Crippen molar-refractivity contribution in [2.75, 3.05) is 6.61 Å². The minimum atomic E-state index is -0.776. The van der Waals surface area contributed by atoms with E-state index in [1.165, 1.54) is 0 Å². The number of ether oxygens (including phenoxy) is 1. The van der Waals surface area contributed by atoms with Crippen LogP contribution >= 0.6 is 11.6 Å². The molecule has 1 aromatic carbocycles. The van der Waals surface area contributed by atoms with Crippen LogP contribution in [0.3, 0.4) is 0 Å². The highest BCUT2D eigenvalue weighted by Crippen LogP contribution is 2.35. The van der Waals surface area contributed by atoms with Gasteiger partial charge >= 0.3 is 5.97 Å². The van der Waals surface area contributed by atoms with Gasteiger partial charge in [-0.1, -0.05) is 11.6 Å². The molecular formula is C14H17ClO3. The summed E-state index contributed by atoms with van der Waals surface area (Å²) in [6, 6.07) is 3.80. The predicted molar refractivity (Wildman–Crippen MR) is 70.4 cm³/mol. The fraction of sp³-hybridized carbons (Fsp3) is 0.500. The van der Waals surface area contributed by atoms with Crippen molar-refractivity contribution in [1.29, 1.82) is 0 Å². The number of hydrogen-bond donors (Lipinski definition) is 1. The maximum atomic E-state index is 11.1. The van der Waals surface area contributed by atoms with E-state index in [9.17, 15) is 4.79 Å². The number of carbonyl (C=O) groups is 1. The van der Waals surface area contributed by atoms with Crippen molar-refractivity contribution in [3.05, 3.63) is 28.3 Å². The largest absolute Gasteiger partial charge is 0.493 e. The van der Waals surface area contributed by atoms with E-state index < -0.39 is 11.4 Å². The molecule has 0 fully saturated rings. The van der Waals surface area contributed by atoms with Crippen LogP contribution in [0.2, 0.25) is 5.02 Å². The van der Waals surface area contributed by atoms with Crippen molar-refractivity contribution in [1.82, 2.24) is 0 Å². The summed E-state index contributed by atoms with van der Waals surface area (Å²) in [5.74, 6) is 0.127. The summed E-state index contributed by atoms with van der Waals surface area (Å²) in [6.45, 7) is 4.16. The van der Waals surface area contributed by atoms with Crippen LogP contribution in [0.15, 0.2) is 12.1 Å². The zero-order chi connectivity index (χ0) is 13.3. The topological polar surface area (TPSA) is 46.5 Å². The van der Waals surface area contributed by atoms with Crippen molar-refractivity contribution in [3.63, 3.8) is 0 Å². The third-order valence-corrected chi connectivity index (χ3v) is 3.64. The van der Waals surface area contributed by atoms with Gasteiger partial charge in [0.05, 0.1) is 12.0 Å². The van der Waals surface area contributed by atoms with Gasteiger partial charge < -0.3 is 9.84 Å². The molecule has 0 saturated heterocycles. The quantitative estimate of drug-likeness (QED) is 0.911. The summed E-state index contributed by atoms with van der Waals surface area (Å²) < 4.78 is 5.60. The molecule has 4 heteroatoms. The monoisotopic (exact) mass is 268 g/mol. The minimum absolute atomic E-state index is 0.568. The van der Waals surface area contributed by atoms with Gasteiger partial charge in [0.2, 0.25) is 0 Å². The van der Waals surface area contributed by atoms with Gasteiger partial charge in [-0.3, -0.25) is 4.79 Å². The molecule has 1 heterocycles. The molecule has 0 bridgehead atoms. The number of rotatable bonds is 4. The molecular weight excluding hydrogens is 252 g/mol. The summed E-state index contributed by atoms with van der Waals surface area (Å²) >= 11 is 6.07. The fourth-order valence-corrected chi connectivity index (χ4v) is 2.35. The molecule has 0 amide bonds. The van der Waals surface area contributed by atoms with Gasteiger partial charge in [-0.2, -0.15) is 0 Å². The number of halogens is 1. The number of fused-ring (bicyclic) bond motifs is 1. The molecule has 3 nitrogen and oxygen atoms in total. The fourth-order valence-electron chi connectivity index (χ4n) is 2.09. The Morgan fingerprint density at radius 2 is 2.22 bits per heavy atom. The maximum Gasteiger partial charge on any atom is 0.309 e. The molecule has 0 aromatic heterocycles. The Balaban J connectivity index is 2.18. The predicted octanol–water partition coefficient (Wildman–Crippen LogP) is 3.32. The Morgan fingerprint density at radius 1 is 1.50 bits per heavy atom. The van der Waals surface area contributed by atoms with E-state index in [1.54, 1.807) is 13.8 Å². The number of aliphatic carboxylic acids is 1. The standard InChI is InChI=1S/C14H17ClO3/c1-14(2,13(16)17)5-3-9-7-11(15)8-10-4-6-18-12(9)10/h7-8H,3-6H2,1-2H3,(H,16,17). The molecule has 1 aliphatic rings. The molecule has 0 spiro atoms. The van der Waals surface area contributed by atoms with Crippen molar-refractivity contribution >= 4 is 17.6 Å². The normalized spacial score (nSPS) is 14.2. The first-order chi connectivity index (χ1) is 8.40. The van der Waals surface area contributed by atoms with Crippen molar-refractivity contribution in [2.45, 2.75) is 33.1 Å². The molecule has 0 unspecified atom stereocenters. The lowest BCUT2D eigenvalue weighted by Crippen LogP contribution is -2.24. The van der Waals surface area contributed by atoms with Crippen LogP contribution < -0.4 is 4.74 Å². The zero-order valence-electron chi connectivity index (χ0n) is 10.6. The summed E-state index contributed by atoms with van der Waals surface area (Å²) in [5.41, 5.74) is 1.42. The van der Waals surface area contributed by atoms with Crippen LogP contribution in [0.1, 0.15) is 31.4 Å². The first-order valence-electron chi connectivity index (χ1n) is 6.07. The van der Waals surface area contributed by atoms with E-state index in [0.717, 1.165) is 23.3 Å². The first-order valence-corrected chi connectivity index (χ1v) is 6.45. The molecule has 2 rings (SSSR count). The number of hydrogen-bond acceptors (Lipinski definition) is 2. The third-order valence-electron chi connectivity index (χ3n) is 3.42. The first kappa shape index (κ1) is 13.2. The lowest BCUT2D eigenvalue weighted by atomic mass is 9.86. The molecule has 18 heavy (non-hydrogen) atoms. The average molecular weight is 269 g/mol. The Morgan fingerprint density at radius 3 is 2.89 bits per heavy atom. The number of benzene rings is 1. The second-order valence-corrected chi connectivity index (χ2v) is 5.78. The molecule has 1 aliphatic heterocycles. The van der Waals surface area contributed by atoms with Crippen molar-refractivity contribution < 1.29 is 14.6 Å². The van der Waals surface area contributed by atoms with Gasteiger partial charge in [0.15, 0.2) is 0 Å². The summed E-state index contributed by atoms with van der Waals surface area (Å²) in [6.07, 6.45) is 2.12. The van der Waals surface area contributed by atoms with E-state index in [-0.39, 0.29) is 0 Å². The smallest absolute Gasteiger partial charge is 0.309 e. The Bertz CT molecular complexity index is 480. The van der Waals surface area contributed by atoms with Crippen LogP contribution in [-0.4, -0.2) is 17.7 Å². The van der Waals surface area contributed by atoms with Gasteiger partial charge in [0, 0.05) is 11.4 Å². The van der Waals surface area contributed by atoms with Gasteiger partial charge in [-0.15, -0.1) is 0 Å². The highest BCUT2D eigenvalue weighted by atomic mass is 35.5. The van der Waals surface area contributed by atoms with Crippen LogP contribution in [0.4, 0.5) is 0 Å². The molecule has 98 valence electrons. The lowest BCUT2D eigenvalue weighted by Gasteiger charge is -2.19. The van der Waals surface area contributed by atoms with Gasteiger partial charge in [0.25, 0.3) is 0 Å². The van der Waals surface area contributed by atoms with Gasteiger partial charge in [-0.05, 0) is 49.9 Å². The molecule has 1 aromatic rings. The summed E-state index contributed by atoms with van der Waals surface area (Å²) in [7, 11) is 0. The van der Waals surface area contributed by atoms with E-state index >= 15 is 0 Å². The van der Waals surface area contributed by atoms with Crippen molar-refractivity contribution in [3.8, 4) is 5.75 Å². The maximum absolute atomic E-state index is 11.1. The number of aryl methyl sites for hydroxylation is 1. The van der Waals surface area contributed by atoms with Gasteiger partial charge in [-0.25, -0.2) is 0 Å². The minimum Gasteiger partial charge on any atom is -0.493 e. The zero-order valence-corrected chi connectivity index (χ0v) is 11.4. The number of carboxylic acid groups (broad SMARTS) is 1. The van der Waals surface area contributed by atoms with E-state index in [4.69, 9.17) is 21.4 Å². The second kappa shape index (κ2) is 4.81. The third kappa shape index (κ3) is 2.61. The summed E-state index contributed by atoms with van der Waals surface area (Å²) in [5, 5.41) is 9.81. The van der Waals surface area contributed by atoms with Crippen LogP contribution in [0.25, 0.3) is 0 Å². The highest BCUT2D eigenvalue weighted by molar-refractivity contribution is 6.30. The molecule has 0 radical (unpaired) electrons. The average Bonchev–Trinajstić information content (AvgIpc) is 2.73. The van der Waals surface area contributed by atoms with Crippen LogP contribution in [0.5, 0.6) is 5.75 Å². The molecule has 0 aliphatic carbocycles. The second-order valence-electron chi connectivity index (χ2n) is 5.34.